The van der Waals surface area contributed by atoms with E-state index in [4.69, 9.17) is 4.74 Å². The van der Waals surface area contributed by atoms with Gasteiger partial charge in [0.2, 0.25) is 0 Å². The molecule has 0 heterocycles. The van der Waals surface area contributed by atoms with Crippen LogP contribution in [0.4, 0.5) is 0 Å². The molecule has 1 nitrogen and oxygen atoms in total. The van der Waals surface area contributed by atoms with Crippen molar-refractivity contribution in [3.05, 3.63) is 42.4 Å². The maximum absolute atomic E-state index is 6.30. The Kier molecular flexibility index (Phi) is 10.3. The molecule has 2 rings (SSSR count). The van der Waals surface area contributed by atoms with Gasteiger partial charge in [-0.1, -0.05) is 0 Å². The van der Waals surface area contributed by atoms with E-state index in [1.165, 1.54) is 39.9 Å². The van der Waals surface area contributed by atoms with Gasteiger partial charge in [-0.3, -0.25) is 0 Å². The summed E-state index contributed by atoms with van der Waals surface area (Å²) in [5.74, 6) is 1.19. The zero-order valence-electron chi connectivity index (χ0n) is 24.5. The first-order chi connectivity index (χ1) is 15.5. The van der Waals surface area contributed by atoms with E-state index in [9.17, 15) is 0 Å². The Morgan fingerprint density at radius 3 is 1.85 bits per heavy atom. The molecule has 0 saturated heterocycles. The van der Waals surface area contributed by atoms with Gasteiger partial charge < -0.3 is 0 Å². The molecule has 0 aliphatic heterocycles. The number of methoxy groups -OCH3 is 1. The summed E-state index contributed by atoms with van der Waals surface area (Å²) in [7, 11) is -2.30. The minimum atomic E-state index is -1.92. The van der Waals surface area contributed by atoms with E-state index in [0.29, 0.717) is 0 Å². The van der Waals surface area contributed by atoms with Crippen molar-refractivity contribution in [1.82, 2.24) is 0 Å². The third kappa shape index (κ3) is 7.24. The fraction of sp³-hybridized carbons (Fsp3) is 0.655. The summed E-state index contributed by atoms with van der Waals surface area (Å²) in [6.45, 7) is 29.8. The van der Waals surface area contributed by atoms with Crippen LogP contribution in [0.2, 0.25) is 55.9 Å². The molecule has 0 amide bonds. The van der Waals surface area contributed by atoms with Crippen LogP contribution in [0.1, 0.15) is 52.2 Å². The van der Waals surface area contributed by atoms with Crippen LogP contribution in [0.15, 0.2) is 31.3 Å². The summed E-state index contributed by atoms with van der Waals surface area (Å²) in [6.07, 6.45) is 6.30. The summed E-state index contributed by atoms with van der Waals surface area (Å²) in [5.41, 5.74) is 2.85. The average molecular weight is 677 g/mol. The van der Waals surface area contributed by atoms with E-state index >= 15 is 0 Å². The van der Waals surface area contributed by atoms with Crippen molar-refractivity contribution in [2.24, 2.45) is 0 Å². The molecule has 202 valence electrons. The summed E-state index contributed by atoms with van der Waals surface area (Å²) < 4.78 is 11.2. The number of hydrogen-bond acceptors (Lipinski definition) is 1. The first-order valence-corrected chi connectivity index (χ1v) is 26.0. The van der Waals surface area contributed by atoms with Gasteiger partial charge in [-0.05, 0) is 0 Å². The van der Waals surface area contributed by atoms with Crippen molar-refractivity contribution < 1.29 is 35.9 Å². The van der Waals surface area contributed by atoms with Crippen molar-refractivity contribution >= 4 is 29.4 Å². The monoisotopic (exact) mass is 676 g/mol. The van der Waals surface area contributed by atoms with Crippen molar-refractivity contribution in [1.29, 1.82) is 0 Å². The molecule has 1 aliphatic rings. The van der Waals surface area contributed by atoms with Crippen molar-refractivity contribution in [2.45, 2.75) is 109 Å². The predicted molar refractivity (Wildman–Crippen MR) is 160 cm³/mol. The molecule has 1 aliphatic carbocycles. The second-order valence-corrected chi connectivity index (χ2v) is 35.2. The van der Waals surface area contributed by atoms with Crippen LogP contribution in [0.25, 0.3) is 0 Å². The summed E-state index contributed by atoms with van der Waals surface area (Å²) in [6, 6.07) is 7.43. The molecule has 0 fully saturated rings. The molecule has 0 atom stereocenters. The Bertz CT molecular complexity index is 906. The topological polar surface area (TPSA) is 9.23 Å². The van der Waals surface area contributed by atoms with Gasteiger partial charge >= 0.3 is 230 Å². The molecule has 1 aromatic rings. The van der Waals surface area contributed by atoms with E-state index in [1.807, 2.05) is 14.1 Å². The maximum atomic E-state index is 6.30. The first-order valence-electron chi connectivity index (χ1n) is 13.0. The van der Waals surface area contributed by atoms with Crippen LogP contribution in [0.3, 0.4) is 0 Å². The molecule has 0 bridgehead atoms. The first kappa shape index (κ1) is 30.6. The van der Waals surface area contributed by atoms with E-state index in [1.54, 1.807) is 5.19 Å². The standard InChI is InChI=1S/C21H31OSi.2C4H11Si.Lu/c1-8-23(9-2,17-12-10-11-13-17)19-15-16(3)14-18(20(19)22-7)21(4,5)6;2*1-5(2,3)4;/h10-11,14-15H,8-9,12H2,1-7H3;2*1H2,2-4H3;. The molecule has 1 aromatic carbocycles. The predicted octanol–water partition coefficient (Wildman–Crippen LogP) is 8.96. The van der Waals surface area contributed by atoms with Crippen LogP contribution >= 0.6 is 0 Å². The Hall–Kier alpha value is 0.384. The van der Waals surface area contributed by atoms with Crippen LogP contribution in [0.5, 0.6) is 5.75 Å². The molecule has 0 radical (unpaired) electrons. The average Bonchev–Trinajstić information content (AvgIpc) is 3.16. The van der Waals surface area contributed by atoms with E-state index in [0.717, 1.165) is 0 Å². The van der Waals surface area contributed by atoms with Crippen molar-refractivity contribution in [3.63, 3.8) is 0 Å². The van der Waals surface area contributed by atoms with E-state index in [-0.39, 0.29) is 5.41 Å². The molecule has 0 aromatic heterocycles. The molecular formula is C29H53LuOSi3. The zero-order chi connectivity index (χ0) is 26.1. The normalized spacial score (nSPS) is 15.9. The molecule has 0 unspecified atom stereocenters. The third-order valence-corrected chi connectivity index (χ3v) is 30.5. The number of hydrogen-bond donors (Lipinski definition) is 0. The summed E-state index contributed by atoms with van der Waals surface area (Å²) in [4.78, 5) is 0. The SMILES string of the molecule is CC[Si](CC)(C1=[C]([Lu]([CH2][Si](C)(C)C)[CH2][Si](C)(C)C)C=CC1)c1cc(C)cc(C(C)(C)C)c1OC. The number of ether oxygens (including phenoxy) is 1. The summed E-state index contributed by atoms with van der Waals surface area (Å²) in [5, 5.41) is 3.45. The van der Waals surface area contributed by atoms with E-state index < -0.39 is 55.3 Å². The van der Waals surface area contributed by atoms with Gasteiger partial charge in [0, 0.05) is 0 Å². The molecular weight excluding hydrogens is 624 g/mol. The fourth-order valence-corrected chi connectivity index (χ4v) is 31.1. The Balaban J connectivity index is 2.85. The van der Waals surface area contributed by atoms with E-state index in [2.05, 4.69) is 105 Å². The Morgan fingerprint density at radius 2 is 1.44 bits per heavy atom. The van der Waals surface area contributed by atoms with Crippen molar-refractivity contribution in [2.75, 3.05) is 7.11 Å². The number of benzene rings is 1. The molecule has 0 N–H and O–H groups in total. The second kappa shape index (κ2) is 11.4. The molecule has 5 heteroatoms. The number of aryl methyl sites for hydroxylation is 1. The van der Waals surface area contributed by atoms with Crippen LogP contribution < -0.4 is 9.92 Å². The van der Waals surface area contributed by atoms with Gasteiger partial charge in [0.15, 0.2) is 0 Å². The van der Waals surface area contributed by atoms with Crippen LogP contribution in [-0.4, -0.2) is 31.3 Å². The van der Waals surface area contributed by atoms with Gasteiger partial charge in [0.1, 0.15) is 0 Å². The quantitative estimate of drug-likeness (QED) is 0.225. The molecule has 0 spiro atoms. The van der Waals surface area contributed by atoms with Gasteiger partial charge in [-0.2, -0.15) is 0 Å². The number of allylic oxidation sites excluding steroid dienone is 4. The van der Waals surface area contributed by atoms with Gasteiger partial charge in [0.05, 0.1) is 0 Å². The third-order valence-electron chi connectivity index (χ3n) is 6.33. The minimum absolute atomic E-state index is 0.0735. The van der Waals surface area contributed by atoms with Crippen molar-refractivity contribution in [3.8, 4) is 5.75 Å². The second-order valence-electron chi connectivity index (χ2n) is 13.4. The fourth-order valence-electron chi connectivity index (χ4n) is 4.94. The number of rotatable bonds is 10. The van der Waals surface area contributed by atoms with Gasteiger partial charge in [0.25, 0.3) is 0 Å². The van der Waals surface area contributed by atoms with Crippen LogP contribution in [0, 0.1) is 38.0 Å². The Morgan fingerprint density at radius 1 is 0.912 bits per heavy atom. The Labute approximate surface area is 227 Å². The van der Waals surface area contributed by atoms with Gasteiger partial charge in [-0.15, -0.1) is 0 Å². The summed E-state index contributed by atoms with van der Waals surface area (Å²) >= 11 is -0.668. The van der Waals surface area contributed by atoms with Gasteiger partial charge in [-0.25, -0.2) is 0 Å². The molecule has 34 heavy (non-hydrogen) atoms. The van der Waals surface area contributed by atoms with Crippen LogP contribution in [-0.2, 0) is 5.41 Å². The molecule has 0 saturated carbocycles. The zero-order valence-corrected chi connectivity index (χ0v) is 29.2.